The van der Waals surface area contributed by atoms with E-state index >= 15 is 0 Å². The van der Waals surface area contributed by atoms with Gasteiger partial charge < -0.3 is 14.2 Å². The van der Waals surface area contributed by atoms with Gasteiger partial charge in [0.15, 0.2) is 17.7 Å². The summed E-state index contributed by atoms with van der Waals surface area (Å²) in [6, 6.07) is 8.93. The Labute approximate surface area is 288 Å². The van der Waals surface area contributed by atoms with Crippen LogP contribution in [0, 0.1) is 57.2 Å². The van der Waals surface area contributed by atoms with E-state index in [2.05, 4.69) is 38.7 Å². The number of fused-ring (bicyclic) bond motifs is 2. The molecule has 0 bridgehead atoms. The second kappa shape index (κ2) is 11.7. The summed E-state index contributed by atoms with van der Waals surface area (Å²) < 4.78 is 17.4. The molecule has 12 atom stereocenters. The number of cyclic esters (lactones) is 1. The highest BCUT2D eigenvalue weighted by Crippen LogP contribution is 2.87. The lowest BCUT2D eigenvalue weighted by molar-refractivity contribution is -0.155. The van der Waals surface area contributed by atoms with Gasteiger partial charge in [-0.1, -0.05) is 58.5 Å². The Morgan fingerprint density at radius 2 is 1.82 bits per heavy atom. The number of hydrogen-bond acceptors (Lipinski definition) is 8. The van der Waals surface area contributed by atoms with Crippen LogP contribution in [0.2, 0.25) is 0 Å². The molecule has 1 saturated heterocycles. The lowest BCUT2D eigenvalue weighted by Crippen LogP contribution is -2.56. The minimum Gasteiger partial charge on any atom is -0.462 e. The molecular formula is C40H49NO8. The molecule has 2 spiro atoms. The van der Waals surface area contributed by atoms with Gasteiger partial charge in [0, 0.05) is 36.3 Å². The second-order valence-corrected chi connectivity index (χ2v) is 16.5. The van der Waals surface area contributed by atoms with Crippen LogP contribution in [-0.4, -0.2) is 48.4 Å². The minimum absolute atomic E-state index is 0.0316. The van der Waals surface area contributed by atoms with Crippen LogP contribution in [0.25, 0.3) is 0 Å². The summed E-state index contributed by atoms with van der Waals surface area (Å²) in [6.07, 6.45) is 7.60. The van der Waals surface area contributed by atoms with E-state index in [0.29, 0.717) is 23.9 Å². The van der Waals surface area contributed by atoms with Gasteiger partial charge in [0.2, 0.25) is 0 Å². The first-order chi connectivity index (χ1) is 23.2. The van der Waals surface area contributed by atoms with Gasteiger partial charge in [0.25, 0.3) is 0 Å². The van der Waals surface area contributed by atoms with Crippen LogP contribution in [0.1, 0.15) is 79.6 Å². The van der Waals surface area contributed by atoms with E-state index in [1.807, 2.05) is 12.1 Å². The summed E-state index contributed by atoms with van der Waals surface area (Å²) in [5, 5.41) is 2.66. The first-order valence-electron chi connectivity index (χ1n) is 18.0. The largest absolute Gasteiger partial charge is 0.462 e. The Morgan fingerprint density at radius 1 is 1.08 bits per heavy atom. The van der Waals surface area contributed by atoms with E-state index in [-0.39, 0.29) is 69.6 Å². The molecule has 0 radical (unpaired) electrons. The lowest BCUT2D eigenvalue weighted by Gasteiger charge is -2.61. The summed E-state index contributed by atoms with van der Waals surface area (Å²) in [5.74, 6) is -1.49. The summed E-state index contributed by atoms with van der Waals surface area (Å²) in [6.45, 7) is 13.9. The second-order valence-electron chi connectivity index (χ2n) is 16.5. The van der Waals surface area contributed by atoms with Crippen molar-refractivity contribution in [3.8, 4) is 0 Å². The number of esters is 2. The Morgan fingerprint density at radius 3 is 2.53 bits per heavy atom. The third kappa shape index (κ3) is 4.96. The fourth-order valence-electron chi connectivity index (χ4n) is 12.0. The van der Waals surface area contributed by atoms with Crippen molar-refractivity contribution < 1.29 is 38.2 Å². The Balaban J connectivity index is 1.13. The van der Waals surface area contributed by atoms with Gasteiger partial charge >= 0.3 is 18.0 Å². The summed E-state index contributed by atoms with van der Waals surface area (Å²) in [5.41, 5.74) is 0.421. The number of allylic oxidation sites excluding steroid dienone is 2. The molecule has 1 aromatic carbocycles. The van der Waals surface area contributed by atoms with Crippen molar-refractivity contribution in [2.24, 2.45) is 57.2 Å². The van der Waals surface area contributed by atoms with E-state index < -0.39 is 36.1 Å². The third-order valence-corrected chi connectivity index (χ3v) is 14.5. The maximum absolute atomic E-state index is 14.1. The van der Waals surface area contributed by atoms with Crippen molar-refractivity contribution in [2.75, 3.05) is 11.9 Å². The predicted octanol–water partition coefficient (Wildman–Crippen LogP) is 6.86. The highest BCUT2D eigenvalue weighted by Gasteiger charge is 2.82. The fraction of sp³-hybridized carbons (Fsp3) is 0.625. The van der Waals surface area contributed by atoms with E-state index in [1.54, 1.807) is 31.2 Å². The van der Waals surface area contributed by atoms with E-state index in [0.717, 1.165) is 32.1 Å². The van der Waals surface area contributed by atoms with Gasteiger partial charge in [-0.05, 0) is 95.8 Å². The van der Waals surface area contributed by atoms with Crippen LogP contribution >= 0.6 is 0 Å². The maximum Gasteiger partial charge on any atom is 0.411 e. The first kappa shape index (κ1) is 33.7. The number of ether oxygens (including phenoxy) is 3. The standard InChI is InChI=1S/C40H49NO8/c1-22(20-47-36(46)41-26-10-8-7-9-11-26)23(2)34(45)35-27(18-32(44)49-35)33-30(48-25(4)42)19-38(6)31-13-12-28-24(3)29(43)14-15-39(28)21-40(31,39)17-16-37(33,38)5/h7-11,14-15,22,24,27-28,30-31,33,35H,2,12-13,16-21H2,1,3-6H3,(H,41,46)/t22-,24-,27-,28-,30-,31-,33-,35+,37+,38-,39?,40?/m0/s1. The Hall–Kier alpha value is -3.75. The Bertz CT molecular complexity index is 1640. The number of benzene rings is 1. The summed E-state index contributed by atoms with van der Waals surface area (Å²) in [7, 11) is 0. The highest BCUT2D eigenvalue weighted by molar-refractivity contribution is 6.01. The van der Waals surface area contributed by atoms with Crippen molar-refractivity contribution in [1.29, 1.82) is 0 Å². The number of amides is 1. The minimum atomic E-state index is -1.06. The molecule has 5 fully saturated rings. The normalized spacial score (nSPS) is 42.0. The summed E-state index contributed by atoms with van der Waals surface area (Å²) in [4.78, 5) is 64.9. The van der Waals surface area contributed by atoms with E-state index in [9.17, 15) is 24.0 Å². The smallest absolute Gasteiger partial charge is 0.411 e. The molecule has 5 aliphatic carbocycles. The predicted molar refractivity (Wildman–Crippen MR) is 181 cm³/mol. The number of hydrogen-bond donors (Lipinski definition) is 1. The van der Waals surface area contributed by atoms with E-state index in [1.165, 1.54) is 6.92 Å². The molecule has 9 heteroatoms. The molecule has 1 heterocycles. The topological polar surface area (TPSA) is 125 Å². The SMILES string of the molecule is C=C(C(=O)[C@@H]1OC(=O)C[C@H]1[C@H]1[C@@H](OC(C)=O)C[C@@]2(C)[C@@H]3CC[C@H]4[C@H](C)C(=O)C=CC45CC35CC[C@]12C)[C@@H](C)COC(=O)Nc1ccccc1. The van der Waals surface area contributed by atoms with Gasteiger partial charge in [0.05, 0.1) is 13.0 Å². The molecule has 6 aliphatic rings. The quantitative estimate of drug-likeness (QED) is 0.181. The van der Waals surface area contributed by atoms with Gasteiger partial charge in [-0.15, -0.1) is 0 Å². The summed E-state index contributed by atoms with van der Waals surface area (Å²) >= 11 is 0. The number of Topliss-reactive ketones (excluding diaryl/α,β-unsaturated/α-hetero) is 1. The number of nitrogens with one attached hydrogen (secondary N) is 1. The maximum atomic E-state index is 14.1. The van der Waals surface area contributed by atoms with Crippen molar-refractivity contribution in [3.63, 3.8) is 0 Å². The monoisotopic (exact) mass is 671 g/mol. The number of ketones is 2. The van der Waals surface area contributed by atoms with Crippen LogP contribution in [-0.2, 0) is 33.4 Å². The first-order valence-corrected chi connectivity index (χ1v) is 18.0. The molecule has 1 N–H and O–H groups in total. The van der Waals surface area contributed by atoms with Crippen molar-refractivity contribution in [1.82, 2.24) is 0 Å². The zero-order valence-electron chi connectivity index (χ0n) is 29.3. The number of carbonyl (C=O) groups is 5. The third-order valence-electron chi connectivity index (χ3n) is 14.5. The van der Waals surface area contributed by atoms with Crippen LogP contribution in [0.4, 0.5) is 10.5 Å². The number of carbonyl (C=O) groups excluding carboxylic acids is 5. The van der Waals surface area contributed by atoms with Crippen LogP contribution in [0.5, 0.6) is 0 Å². The molecule has 0 aromatic heterocycles. The molecule has 262 valence electrons. The molecule has 4 saturated carbocycles. The zero-order chi connectivity index (χ0) is 35.1. The van der Waals surface area contributed by atoms with Crippen LogP contribution < -0.4 is 5.32 Å². The molecule has 49 heavy (non-hydrogen) atoms. The molecule has 1 aromatic rings. The molecular weight excluding hydrogens is 622 g/mol. The molecule has 2 unspecified atom stereocenters. The molecule has 1 amide bonds. The van der Waals surface area contributed by atoms with Crippen LogP contribution in [0.15, 0.2) is 54.6 Å². The molecule has 1 aliphatic heterocycles. The molecule has 9 nitrogen and oxygen atoms in total. The van der Waals surface area contributed by atoms with Crippen molar-refractivity contribution in [3.05, 3.63) is 54.6 Å². The van der Waals surface area contributed by atoms with Gasteiger partial charge in [0.1, 0.15) is 6.10 Å². The number of para-hydroxylation sites is 1. The average Bonchev–Trinajstić information content (AvgIpc) is 3.49. The van der Waals surface area contributed by atoms with E-state index in [4.69, 9.17) is 14.2 Å². The fourth-order valence-corrected chi connectivity index (χ4v) is 12.0. The molecule has 7 rings (SSSR count). The number of rotatable bonds is 8. The van der Waals surface area contributed by atoms with Crippen LogP contribution in [0.3, 0.4) is 0 Å². The number of anilines is 1. The zero-order valence-corrected chi connectivity index (χ0v) is 29.3. The van der Waals surface area contributed by atoms with Gasteiger partial charge in [-0.3, -0.25) is 24.5 Å². The lowest BCUT2D eigenvalue weighted by atomic mass is 9.43. The van der Waals surface area contributed by atoms with Crippen molar-refractivity contribution >= 4 is 35.3 Å². The van der Waals surface area contributed by atoms with Crippen molar-refractivity contribution in [2.45, 2.75) is 91.8 Å². The highest BCUT2D eigenvalue weighted by atomic mass is 16.6. The Kier molecular flexibility index (Phi) is 8.03. The average molecular weight is 672 g/mol. The van der Waals surface area contributed by atoms with Gasteiger partial charge in [-0.25, -0.2) is 4.79 Å². The van der Waals surface area contributed by atoms with Gasteiger partial charge in [-0.2, -0.15) is 0 Å².